The molecule has 0 saturated carbocycles. The lowest BCUT2D eigenvalue weighted by molar-refractivity contribution is -0.322. The van der Waals surface area contributed by atoms with E-state index in [0.717, 1.165) is 0 Å². The first-order chi connectivity index (χ1) is 7.40. The molecule has 8 heteroatoms. The van der Waals surface area contributed by atoms with Crippen LogP contribution in [-0.4, -0.2) is 31.6 Å². The van der Waals surface area contributed by atoms with Crippen LogP contribution in [0.5, 0.6) is 0 Å². The van der Waals surface area contributed by atoms with Crippen LogP contribution in [0, 0.1) is 5.41 Å². The van der Waals surface area contributed by atoms with E-state index in [2.05, 4.69) is 4.74 Å². The van der Waals surface area contributed by atoms with Crippen molar-refractivity contribution in [1.82, 2.24) is 0 Å². The van der Waals surface area contributed by atoms with E-state index in [-0.39, 0.29) is 13.0 Å². The standard InChI is InChI=1S/C9H15F6NO/c1-7(2,5-16)3-4-17-6(8(10,11)12)9(13,14)15/h6H,3-5,16H2,1-2H3. The summed E-state index contributed by atoms with van der Waals surface area (Å²) in [6, 6.07) is 0. The molecule has 17 heavy (non-hydrogen) atoms. The van der Waals surface area contributed by atoms with E-state index in [0.29, 0.717) is 0 Å². The Morgan fingerprint density at radius 2 is 1.41 bits per heavy atom. The molecule has 0 rings (SSSR count). The molecule has 0 fully saturated rings. The number of halogens is 6. The normalized spacial score (nSPS) is 14.5. The molecule has 0 amide bonds. The fourth-order valence-corrected chi connectivity index (χ4v) is 0.930. The SMILES string of the molecule is CC(C)(CN)CCOC(C(F)(F)F)C(F)(F)F. The van der Waals surface area contributed by atoms with E-state index in [4.69, 9.17) is 5.73 Å². The van der Waals surface area contributed by atoms with E-state index in [1.807, 2.05) is 0 Å². The molecule has 0 unspecified atom stereocenters. The highest BCUT2D eigenvalue weighted by Crippen LogP contribution is 2.36. The van der Waals surface area contributed by atoms with Gasteiger partial charge >= 0.3 is 12.4 Å². The van der Waals surface area contributed by atoms with E-state index in [1.54, 1.807) is 13.8 Å². The van der Waals surface area contributed by atoms with Crippen LogP contribution < -0.4 is 5.73 Å². The summed E-state index contributed by atoms with van der Waals surface area (Å²) >= 11 is 0. The van der Waals surface area contributed by atoms with Crippen molar-refractivity contribution in [2.24, 2.45) is 11.1 Å². The molecule has 0 spiro atoms. The smallest absolute Gasteiger partial charge is 0.361 e. The number of nitrogens with two attached hydrogens (primary N) is 1. The summed E-state index contributed by atoms with van der Waals surface area (Å²) in [5, 5.41) is 0. The van der Waals surface area contributed by atoms with Gasteiger partial charge in [-0.05, 0) is 18.4 Å². The van der Waals surface area contributed by atoms with Gasteiger partial charge in [0.05, 0.1) is 0 Å². The van der Waals surface area contributed by atoms with E-state index < -0.39 is 30.5 Å². The monoisotopic (exact) mass is 267 g/mol. The molecule has 0 aromatic heterocycles. The summed E-state index contributed by atoms with van der Waals surface area (Å²) in [5.41, 5.74) is 4.74. The highest BCUT2D eigenvalue weighted by atomic mass is 19.4. The summed E-state index contributed by atoms with van der Waals surface area (Å²) in [7, 11) is 0. The minimum atomic E-state index is -5.45. The third kappa shape index (κ3) is 6.11. The lowest BCUT2D eigenvalue weighted by Gasteiger charge is -2.26. The van der Waals surface area contributed by atoms with Crippen molar-refractivity contribution in [1.29, 1.82) is 0 Å². The summed E-state index contributed by atoms with van der Waals surface area (Å²) in [5.74, 6) is 0. The predicted octanol–water partition coefficient (Wildman–Crippen LogP) is 2.87. The minimum Gasteiger partial charge on any atom is -0.361 e. The minimum absolute atomic E-state index is 0.0200. The number of hydrogen-bond donors (Lipinski definition) is 1. The van der Waals surface area contributed by atoms with Gasteiger partial charge in [-0.15, -0.1) is 0 Å². The maximum Gasteiger partial charge on any atom is 0.423 e. The van der Waals surface area contributed by atoms with Gasteiger partial charge in [-0.1, -0.05) is 13.8 Å². The largest absolute Gasteiger partial charge is 0.423 e. The van der Waals surface area contributed by atoms with Crippen molar-refractivity contribution in [3.05, 3.63) is 0 Å². The average Bonchev–Trinajstić information content (AvgIpc) is 2.08. The summed E-state index contributed by atoms with van der Waals surface area (Å²) in [4.78, 5) is 0. The van der Waals surface area contributed by atoms with Crippen LogP contribution in [0.4, 0.5) is 26.3 Å². The highest BCUT2D eigenvalue weighted by molar-refractivity contribution is 4.77. The van der Waals surface area contributed by atoms with Gasteiger partial charge < -0.3 is 10.5 Å². The number of hydrogen-bond acceptors (Lipinski definition) is 2. The van der Waals surface area contributed by atoms with Gasteiger partial charge in [0, 0.05) is 6.61 Å². The van der Waals surface area contributed by atoms with Crippen LogP contribution in [0.1, 0.15) is 20.3 Å². The van der Waals surface area contributed by atoms with Crippen molar-refractivity contribution < 1.29 is 31.1 Å². The fraction of sp³-hybridized carbons (Fsp3) is 1.00. The van der Waals surface area contributed by atoms with Crippen LogP contribution in [0.3, 0.4) is 0 Å². The molecule has 0 aromatic carbocycles. The van der Waals surface area contributed by atoms with Crippen molar-refractivity contribution in [2.75, 3.05) is 13.2 Å². The summed E-state index contributed by atoms with van der Waals surface area (Å²) in [6.07, 6.45) is -14.6. The van der Waals surface area contributed by atoms with Crippen LogP contribution in [0.2, 0.25) is 0 Å². The molecule has 104 valence electrons. The first kappa shape index (κ1) is 16.5. The zero-order valence-electron chi connectivity index (χ0n) is 9.45. The van der Waals surface area contributed by atoms with Crippen molar-refractivity contribution in [3.8, 4) is 0 Å². The molecule has 2 nitrogen and oxygen atoms in total. The Labute approximate surface area is 95.1 Å². The second-order valence-electron chi connectivity index (χ2n) is 4.45. The Morgan fingerprint density at radius 3 is 1.71 bits per heavy atom. The van der Waals surface area contributed by atoms with Crippen LogP contribution in [-0.2, 0) is 4.74 Å². The Balaban J connectivity index is 4.41. The average molecular weight is 267 g/mol. The molecule has 0 aromatic rings. The van der Waals surface area contributed by atoms with E-state index in [9.17, 15) is 26.3 Å². The number of ether oxygens (including phenoxy) is 1. The molecule has 0 radical (unpaired) electrons. The van der Waals surface area contributed by atoms with Gasteiger partial charge in [0.2, 0.25) is 6.10 Å². The predicted molar refractivity (Wildman–Crippen MR) is 49.3 cm³/mol. The maximum absolute atomic E-state index is 12.0. The van der Waals surface area contributed by atoms with Crippen molar-refractivity contribution in [3.63, 3.8) is 0 Å². The third-order valence-corrected chi connectivity index (χ3v) is 2.21. The lowest BCUT2D eigenvalue weighted by atomic mass is 9.90. The van der Waals surface area contributed by atoms with Crippen molar-refractivity contribution in [2.45, 2.75) is 38.7 Å². The molecule has 0 heterocycles. The molecule has 2 N–H and O–H groups in total. The Hall–Kier alpha value is -0.500. The van der Waals surface area contributed by atoms with Crippen LogP contribution in [0.15, 0.2) is 0 Å². The summed E-state index contributed by atoms with van der Waals surface area (Å²) < 4.78 is 76.2. The number of rotatable bonds is 5. The Kier molecular flexibility index (Phi) is 5.27. The lowest BCUT2D eigenvalue weighted by Crippen LogP contribution is -2.44. The second-order valence-corrected chi connectivity index (χ2v) is 4.45. The second kappa shape index (κ2) is 5.43. The van der Waals surface area contributed by atoms with Crippen molar-refractivity contribution >= 4 is 0 Å². The molecule has 0 atom stereocenters. The third-order valence-electron chi connectivity index (χ3n) is 2.21. The molecule has 0 aliphatic heterocycles. The Bertz CT molecular complexity index is 221. The molecule has 0 aliphatic carbocycles. The highest BCUT2D eigenvalue weighted by Gasteiger charge is 2.57. The summed E-state index contributed by atoms with van der Waals surface area (Å²) in [6.45, 7) is 2.77. The molecular formula is C9H15F6NO. The zero-order valence-corrected chi connectivity index (χ0v) is 9.45. The number of alkyl halides is 6. The first-order valence-corrected chi connectivity index (χ1v) is 4.85. The topological polar surface area (TPSA) is 35.2 Å². The van der Waals surface area contributed by atoms with Gasteiger partial charge in [0.25, 0.3) is 0 Å². The quantitative estimate of drug-likeness (QED) is 0.777. The molecule has 0 aliphatic rings. The Morgan fingerprint density at radius 1 is 1.00 bits per heavy atom. The van der Waals surface area contributed by atoms with Gasteiger partial charge in [-0.2, -0.15) is 26.3 Å². The van der Waals surface area contributed by atoms with Gasteiger partial charge in [-0.3, -0.25) is 0 Å². The van der Waals surface area contributed by atoms with Gasteiger partial charge in [0.1, 0.15) is 0 Å². The first-order valence-electron chi connectivity index (χ1n) is 4.85. The van der Waals surface area contributed by atoms with Crippen LogP contribution >= 0.6 is 0 Å². The van der Waals surface area contributed by atoms with Crippen LogP contribution in [0.25, 0.3) is 0 Å². The van der Waals surface area contributed by atoms with E-state index in [1.165, 1.54) is 0 Å². The van der Waals surface area contributed by atoms with Gasteiger partial charge in [-0.25, -0.2) is 0 Å². The van der Waals surface area contributed by atoms with Gasteiger partial charge in [0.15, 0.2) is 0 Å². The van der Waals surface area contributed by atoms with E-state index >= 15 is 0 Å². The zero-order chi connectivity index (χ0) is 13.9. The molecule has 0 saturated heterocycles. The fourth-order valence-electron chi connectivity index (χ4n) is 0.930. The molecular weight excluding hydrogens is 252 g/mol. The molecule has 0 bridgehead atoms. The maximum atomic E-state index is 12.0.